The van der Waals surface area contributed by atoms with Crippen molar-refractivity contribution >= 4 is 17.4 Å². The summed E-state index contributed by atoms with van der Waals surface area (Å²) in [4.78, 5) is 20.9. The van der Waals surface area contributed by atoms with Crippen molar-refractivity contribution in [1.82, 2.24) is 24.1 Å². The topological polar surface area (TPSA) is 89.1 Å². The standard InChI is InChI=1S/C21H21N7O/c29-20-6-2-3-11-27(20)17-9-10-18(22-14-17)23-15-7-8-16(13-15)24-21-25-19-5-1-4-12-28(19)26-21/h1-6,9-12,14-16H,7-8,13H2,(H,22,23)(H,24,26)/t15-,16-/m0/s1. The molecule has 1 aliphatic carbocycles. The molecule has 4 heterocycles. The molecule has 4 aromatic rings. The molecule has 2 atom stereocenters. The van der Waals surface area contributed by atoms with Crippen LogP contribution in [-0.4, -0.2) is 36.2 Å². The average Bonchev–Trinajstić information content (AvgIpc) is 3.35. The second-order valence-electron chi connectivity index (χ2n) is 7.24. The van der Waals surface area contributed by atoms with Crippen LogP contribution in [0.4, 0.5) is 11.8 Å². The second kappa shape index (κ2) is 7.38. The quantitative estimate of drug-likeness (QED) is 0.547. The van der Waals surface area contributed by atoms with Gasteiger partial charge in [-0.2, -0.15) is 4.98 Å². The summed E-state index contributed by atoms with van der Waals surface area (Å²) in [6.45, 7) is 0. The van der Waals surface area contributed by atoms with Crippen LogP contribution in [0.25, 0.3) is 11.3 Å². The lowest BCUT2D eigenvalue weighted by Gasteiger charge is -2.15. The summed E-state index contributed by atoms with van der Waals surface area (Å²) in [5.74, 6) is 1.48. The number of nitrogens with one attached hydrogen (secondary N) is 2. The zero-order valence-corrected chi connectivity index (χ0v) is 15.8. The molecule has 1 fully saturated rings. The van der Waals surface area contributed by atoms with E-state index in [1.807, 2.05) is 42.6 Å². The van der Waals surface area contributed by atoms with E-state index in [4.69, 9.17) is 0 Å². The third-order valence-electron chi connectivity index (χ3n) is 5.21. The minimum Gasteiger partial charge on any atom is -0.367 e. The normalized spacial score (nSPS) is 18.8. The first-order valence-corrected chi connectivity index (χ1v) is 9.73. The van der Waals surface area contributed by atoms with Gasteiger partial charge < -0.3 is 10.6 Å². The molecule has 0 aliphatic heterocycles. The van der Waals surface area contributed by atoms with Crippen LogP contribution in [0.3, 0.4) is 0 Å². The van der Waals surface area contributed by atoms with Crippen LogP contribution in [0.15, 0.2) is 71.9 Å². The van der Waals surface area contributed by atoms with E-state index in [1.165, 1.54) is 6.07 Å². The van der Waals surface area contributed by atoms with Crippen molar-refractivity contribution in [2.45, 2.75) is 31.3 Å². The van der Waals surface area contributed by atoms with Crippen LogP contribution >= 0.6 is 0 Å². The predicted molar refractivity (Wildman–Crippen MR) is 111 cm³/mol. The number of anilines is 2. The van der Waals surface area contributed by atoms with Crippen molar-refractivity contribution < 1.29 is 0 Å². The van der Waals surface area contributed by atoms with Crippen molar-refractivity contribution in [2.75, 3.05) is 10.6 Å². The molecule has 1 saturated carbocycles. The Morgan fingerprint density at radius 2 is 1.76 bits per heavy atom. The lowest BCUT2D eigenvalue weighted by Crippen LogP contribution is -2.21. The van der Waals surface area contributed by atoms with E-state index >= 15 is 0 Å². The van der Waals surface area contributed by atoms with Crippen molar-refractivity contribution in [3.05, 3.63) is 77.5 Å². The number of hydrogen-bond donors (Lipinski definition) is 2. The molecule has 8 heteroatoms. The maximum atomic E-state index is 11.9. The van der Waals surface area contributed by atoms with Gasteiger partial charge in [0, 0.05) is 30.5 Å². The van der Waals surface area contributed by atoms with Crippen molar-refractivity contribution in [1.29, 1.82) is 0 Å². The summed E-state index contributed by atoms with van der Waals surface area (Å²) < 4.78 is 3.35. The zero-order chi connectivity index (χ0) is 19.6. The highest BCUT2D eigenvalue weighted by Crippen LogP contribution is 2.25. The highest BCUT2D eigenvalue weighted by atomic mass is 16.1. The van der Waals surface area contributed by atoms with Crippen LogP contribution in [0, 0.1) is 0 Å². The van der Waals surface area contributed by atoms with Gasteiger partial charge in [0.05, 0.1) is 11.9 Å². The number of pyridine rings is 3. The molecule has 5 rings (SSSR count). The Morgan fingerprint density at radius 1 is 0.931 bits per heavy atom. The molecule has 0 radical (unpaired) electrons. The summed E-state index contributed by atoms with van der Waals surface area (Å²) in [7, 11) is 0. The number of nitrogens with zero attached hydrogens (tertiary/aromatic N) is 5. The van der Waals surface area contributed by atoms with Crippen LogP contribution < -0.4 is 16.2 Å². The summed E-state index contributed by atoms with van der Waals surface area (Å²) in [6, 6.07) is 15.4. The maximum Gasteiger partial charge on any atom is 0.255 e. The zero-order valence-electron chi connectivity index (χ0n) is 15.8. The molecule has 0 unspecified atom stereocenters. The molecule has 29 heavy (non-hydrogen) atoms. The van der Waals surface area contributed by atoms with Gasteiger partial charge in [-0.1, -0.05) is 12.1 Å². The molecule has 1 aliphatic rings. The molecule has 0 spiro atoms. The maximum absolute atomic E-state index is 11.9. The van der Waals surface area contributed by atoms with Gasteiger partial charge in [0.15, 0.2) is 5.65 Å². The Bertz CT molecular complexity index is 1150. The summed E-state index contributed by atoms with van der Waals surface area (Å²) in [5, 5.41) is 11.4. The fraction of sp³-hybridized carbons (Fsp3) is 0.238. The Kier molecular flexibility index (Phi) is 4.44. The van der Waals surface area contributed by atoms with Gasteiger partial charge in [-0.05, 0) is 49.6 Å². The average molecular weight is 387 g/mol. The van der Waals surface area contributed by atoms with Crippen molar-refractivity contribution in [3.8, 4) is 5.69 Å². The highest BCUT2D eigenvalue weighted by Gasteiger charge is 2.25. The number of fused-ring (bicyclic) bond motifs is 1. The fourth-order valence-electron chi connectivity index (χ4n) is 3.78. The molecular weight excluding hydrogens is 366 g/mol. The lowest BCUT2D eigenvalue weighted by molar-refractivity contribution is 0.716. The molecule has 0 saturated heterocycles. The Balaban J connectivity index is 1.21. The highest BCUT2D eigenvalue weighted by molar-refractivity contribution is 5.44. The van der Waals surface area contributed by atoms with E-state index in [0.29, 0.717) is 18.0 Å². The van der Waals surface area contributed by atoms with E-state index in [1.54, 1.807) is 27.5 Å². The summed E-state index contributed by atoms with van der Waals surface area (Å²) in [6.07, 6.45) is 8.42. The van der Waals surface area contributed by atoms with Crippen LogP contribution in [-0.2, 0) is 0 Å². The van der Waals surface area contributed by atoms with Gasteiger partial charge in [-0.3, -0.25) is 9.36 Å². The van der Waals surface area contributed by atoms with Gasteiger partial charge >= 0.3 is 0 Å². The molecule has 8 nitrogen and oxygen atoms in total. The summed E-state index contributed by atoms with van der Waals surface area (Å²) >= 11 is 0. The minimum atomic E-state index is -0.0692. The SMILES string of the molecule is O=c1ccccn1-c1ccc(N[C@H]2CC[C@H](Nc3nc4ccccn4n3)C2)nc1. The molecule has 0 amide bonds. The third kappa shape index (κ3) is 3.69. The number of rotatable bonds is 5. The molecule has 0 bridgehead atoms. The Morgan fingerprint density at radius 3 is 2.55 bits per heavy atom. The number of hydrogen-bond acceptors (Lipinski definition) is 6. The summed E-state index contributed by atoms with van der Waals surface area (Å²) in [5.41, 5.74) is 1.52. The van der Waals surface area contributed by atoms with Crippen LogP contribution in [0.2, 0.25) is 0 Å². The molecule has 2 N–H and O–H groups in total. The van der Waals surface area contributed by atoms with E-state index in [9.17, 15) is 4.79 Å². The van der Waals surface area contributed by atoms with Crippen molar-refractivity contribution in [3.63, 3.8) is 0 Å². The fourth-order valence-corrected chi connectivity index (χ4v) is 3.78. The second-order valence-corrected chi connectivity index (χ2v) is 7.24. The molecule has 146 valence electrons. The van der Waals surface area contributed by atoms with Crippen molar-refractivity contribution in [2.24, 2.45) is 0 Å². The van der Waals surface area contributed by atoms with E-state index in [0.717, 1.165) is 36.4 Å². The number of aromatic nitrogens is 5. The largest absolute Gasteiger partial charge is 0.367 e. The van der Waals surface area contributed by atoms with Gasteiger partial charge in [-0.15, -0.1) is 5.10 Å². The molecule has 4 aromatic heterocycles. The van der Waals surface area contributed by atoms with E-state index in [2.05, 4.69) is 25.7 Å². The van der Waals surface area contributed by atoms with Gasteiger partial charge in [-0.25, -0.2) is 9.50 Å². The predicted octanol–water partition coefficient (Wildman–Crippen LogP) is 2.72. The Hall–Kier alpha value is -3.68. The third-order valence-corrected chi connectivity index (χ3v) is 5.21. The first-order valence-electron chi connectivity index (χ1n) is 9.73. The molecular formula is C21H21N7O. The molecule has 0 aromatic carbocycles. The first-order chi connectivity index (χ1) is 14.2. The van der Waals surface area contributed by atoms with Gasteiger partial charge in [0.25, 0.3) is 5.56 Å². The smallest absolute Gasteiger partial charge is 0.255 e. The first kappa shape index (κ1) is 17.4. The van der Waals surface area contributed by atoms with E-state index in [-0.39, 0.29) is 5.56 Å². The van der Waals surface area contributed by atoms with Gasteiger partial charge in [0.2, 0.25) is 5.95 Å². The Labute approximate surface area is 167 Å². The lowest BCUT2D eigenvalue weighted by atomic mass is 10.2. The van der Waals surface area contributed by atoms with E-state index < -0.39 is 0 Å². The monoisotopic (exact) mass is 387 g/mol. The van der Waals surface area contributed by atoms with Crippen LogP contribution in [0.1, 0.15) is 19.3 Å². The van der Waals surface area contributed by atoms with Gasteiger partial charge in [0.1, 0.15) is 5.82 Å². The van der Waals surface area contributed by atoms with Crippen LogP contribution in [0.5, 0.6) is 0 Å². The minimum absolute atomic E-state index is 0.0692.